The molecular weight excluding hydrogens is 490 g/mol. The highest BCUT2D eigenvalue weighted by Gasteiger charge is 2.14. The maximum Gasteiger partial charge on any atom is 0.335 e. The molecule has 0 aliphatic carbocycles. The van der Waals surface area contributed by atoms with Crippen molar-refractivity contribution in [1.82, 2.24) is 4.98 Å². The predicted octanol–water partition coefficient (Wildman–Crippen LogP) is 5.35. The Bertz CT molecular complexity index is 1780. The summed E-state index contributed by atoms with van der Waals surface area (Å²) in [7, 11) is 0. The molecule has 1 aromatic heterocycles. The van der Waals surface area contributed by atoms with E-state index in [9.17, 15) is 34.5 Å². The van der Waals surface area contributed by atoms with Crippen molar-refractivity contribution in [2.75, 3.05) is 0 Å². The average molecular weight is 507 g/mol. The number of benzene rings is 4. The molecule has 1 heterocycles. The van der Waals surface area contributed by atoms with Crippen molar-refractivity contribution in [2.45, 2.75) is 0 Å². The standard InChI is InChI=1S/C29H17NO8/c31-14-38-24-10-20(8-23(11-24)29(36)37)16-2-4-18-5-17-3-1-15(12-25(17)30-26(18)13-16)19-6-21(27(32)33)9-22(7-19)28(34)35/h1-14H,(H,32,33)(H,34,35)(H,36,37). The molecule has 0 saturated carbocycles. The Labute approximate surface area is 214 Å². The van der Waals surface area contributed by atoms with E-state index in [1.54, 1.807) is 30.3 Å². The van der Waals surface area contributed by atoms with Gasteiger partial charge in [0.25, 0.3) is 6.47 Å². The SMILES string of the molecule is O=COc1cc(C(=O)O)cc(-c2ccc3cc4ccc(-c5cc(C(=O)O)cc(C(=O)O)c5)cc4nc3c2)c1. The second kappa shape index (κ2) is 9.47. The van der Waals surface area contributed by atoms with E-state index in [1.165, 1.54) is 24.3 Å². The maximum atomic E-state index is 11.5. The first-order valence-corrected chi connectivity index (χ1v) is 11.2. The van der Waals surface area contributed by atoms with Gasteiger partial charge in [0.05, 0.1) is 27.7 Å². The fraction of sp³-hybridized carbons (Fsp3) is 0. The Balaban J connectivity index is 1.63. The topological polar surface area (TPSA) is 151 Å². The molecule has 0 saturated heterocycles. The lowest BCUT2D eigenvalue weighted by atomic mass is 9.97. The fourth-order valence-corrected chi connectivity index (χ4v) is 4.24. The Morgan fingerprint density at radius 1 is 0.579 bits per heavy atom. The molecule has 0 radical (unpaired) electrons. The summed E-state index contributed by atoms with van der Waals surface area (Å²) in [5.74, 6) is -3.55. The highest BCUT2D eigenvalue weighted by atomic mass is 16.5. The van der Waals surface area contributed by atoms with Crippen molar-refractivity contribution in [1.29, 1.82) is 0 Å². The first-order valence-electron chi connectivity index (χ1n) is 11.2. The van der Waals surface area contributed by atoms with E-state index in [1.807, 2.05) is 18.2 Å². The monoisotopic (exact) mass is 507 g/mol. The molecule has 5 aromatic rings. The van der Waals surface area contributed by atoms with E-state index in [0.29, 0.717) is 33.3 Å². The number of aromatic nitrogens is 1. The number of nitrogens with zero attached hydrogens (tertiary/aromatic N) is 1. The zero-order valence-corrected chi connectivity index (χ0v) is 19.4. The van der Waals surface area contributed by atoms with Gasteiger partial charge in [0.1, 0.15) is 5.75 Å². The van der Waals surface area contributed by atoms with Crippen LogP contribution in [0.4, 0.5) is 0 Å². The minimum Gasteiger partial charge on any atom is -0.478 e. The number of pyridine rings is 1. The Kier molecular flexibility index (Phi) is 6.02. The minimum atomic E-state index is -1.24. The van der Waals surface area contributed by atoms with Crippen LogP contribution in [0, 0.1) is 0 Å². The molecule has 0 atom stereocenters. The number of carbonyl (C=O) groups excluding carboxylic acids is 1. The van der Waals surface area contributed by atoms with Gasteiger partial charge in [-0.25, -0.2) is 19.4 Å². The fourth-order valence-electron chi connectivity index (χ4n) is 4.24. The smallest absolute Gasteiger partial charge is 0.335 e. The van der Waals surface area contributed by atoms with E-state index in [0.717, 1.165) is 16.8 Å². The predicted molar refractivity (Wildman–Crippen MR) is 138 cm³/mol. The quantitative estimate of drug-likeness (QED) is 0.195. The van der Waals surface area contributed by atoms with Gasteiger partial charge in [-0.15, -0.1) is 0 Å². The van der Waals surface area contributed by atoms with E-state index in [2.05, 4.69) is 0 Å². The third kappa shape index (κ3) is 4.63. The van der Waals surface area contributed by atoms with Gasteiger partial charge in [-0.1, -0.05) is 24.3 Å². The van der Waals surface area contributed by atoms with Crippen LogP contribution in [-0.2, 0) is 4.79 Å². The molecule has 0 amide bonds. The van der Waals surface area contributed by atoms with E-state index in [-0.39, 0.29) is 28.9 Å². The summed E-state index contributed by atoms with van der Waals surface area (Å²) in [6.45, 7) is 0.224. The second-order valence-electron chi connectivity index (χ2n) is 8.48. The van der Waals surface area contributed by atoms with Gasteiger partial charge in [-0.3, -0.25) is 4.79 Å². The van der Waals surface area contributed by atoms with Crippen LogP contribution < -0.4 is 4.74 Å². The zero-order valence-electron chi connectivity index (χ0n) is 19.4. The van der Waals surface area contributed by atoms with E-state index in [4.69, 9.17) is 9.72 Å². The third-order valence-corrected chi connectivity index (χ3v) is 6.04. The number of rotatable bonds is 7. The number of hydrogen-bond donors (Lipinski definition) is 3. The van der Waals surface area contributed by atoms with Crippen LogP contribution in [0.3, 0.4) is 0 Å². The number of aromatic carboxylic acids is 3. The van der Waals surface area contributed by atoms with Gasteiger partial charge in [-0.05, 0) is 76.9 Å². The summed E-state index contributed by atoms with van der Waals surface area (Å²) in [6, 6.07) is 20.9. The summed E-state index contributed by atoms with van der Waals surface area (Å²) < 4.78 is 4.87. The van der Waals surface area contributed by atoms with Crippen molar-refractivity contribution >= 4 is 46.2 Å². The number of carboxylic acids is 3. The van der Waals surface area contributed by atoms with Crippen molar-refractivity contribution in [3.63, 3.8) is 0 Å². The lowest BCUT2D eigenvalue weighted by molar-refractivity contribution is -0.120. The molecule has 38 heavy (non-hydrogen) atoms. The molecule has 0 aliphatic rings. The lowest BCUT2D eigenvalue weighted by Gasteiger charge is -2.10. The van der Waals surface area contributed by atoms with Crippen LogP contribution in [0.25, 0.3) is 44.1 Å². The molecule has 0 unspecified atom stereocenters. The van der Waals surface area contributed by atoms with Crippen molar-refractivity contribution in [3.05, 3.63) is 95.6 Å². The highest BCUT2D eigenvalue weighted by Crippen LogP contribution is 2.31. The van der Waals surface area contributed by atoms with Gasteiger partial charge in [0, 0.05) is 10.8 Å². The molecule has 9 nitrogen and oxygen atoms in total. The first-order chi connectivity index (χ1) is 18.2. The van der Waals surface area contributed by atoms with E-state index < -0.39 is 17.9 Å². The normalized spacial score (nSPS) is 10.8. The highest BCUT2D eigenvalue weighted by molar-refractivity contribution is 5.99. The summed E-state index contributed by atoms with van der Waals surface area (Å²) in [6.07, 6.45) is 0. The molecular formula is C29H17NO8. The largest absolute Gasteiger partial charge is 0.478 e. The Hall–Kier alpha value is -5.57. The van der Waals surface area contributed by atoms with Gasteiger partial charge < -0.3 is 20.1 Å². The van der Waals surface area contributed by atoms with Crippen molar-refractivity contribution in [2.24, 2.45) is 0 Å². The third-order valence-electron chi connectivity index (χ3n) is 6.04. The number of ether oxygens (including phenoxy) is 1. The summed E-state index contributed by atoms with van der Waals surface area (Å²) in [5, 5.41) is 29.9. The number of hydrogen-bond acceptors (Lipinski definition) is 6. The molecule has 3 N–H and O–H groups in total. The number of carbonyl (C=O) groups is 4. The molecule has 5 rings (SSSR count). The van der Waals surface area contributed by atoms with Crippen LogP contribution in [0.1, 0.15) is 31.1 Å². The molecule has 0 spiro atoms. The number of fused-ring (bicyclic) bond motifs is 2. The summed E-state index contributed by atoms with van der Waals surface area (Å²) >= 11 is 0. The van der Waals surface area contributed by atoms with Gasteiger partial charge in [-0.2, -0.15) is 0 Å². The zero-order chi connectivity index (χ0) is 27.0. The summed E-state index contributed by atoms with van der Waals surface area (Å²) in [5.41, 5.74) is 3.06. The lowest BCUT2D eigenvalue weighted by Crippen LogP contribution is -2.03. The summed E-state index contributed by atoms with van der Waals surface area (Å²) in [4.78, 5) is 50.1. The van der Waals surface area contributed by atoms with Crippen LogP contribution in [0.5, 0.6) is 5.75 Å². The average Bonchev–Trinajstić information content (AvgIpc) is 2.90. The van der Waals surface area contributed by atoms with Crippen molar-refractivity contribution in [3.8, 4) is 28.0 Å². The molecule has 0 bridgehead atoms. The Morgan fingerprint density at radius 2 is 1.05 bits per heavy atom. The minimum absolute atomic E-state index is 0.0418. The van der Waals surface area contributed by atoms with Crippen LogP contribution in [0.15, 0.2) is 78.9 Å². The van der Waals surface area contributed by atoms with Crippen molar-refractivity contribution < 1.29 is 39.2 Å². The maximum absolute atomic E-state index is 11.5. The number of carboxylic acid groups (broad SMARTS) is 3. The van der Waals surface area contributed by atoms with Gasteiger partial charge in [0.15, 0.2) is 0 Å². The molecule has 186 valence electrons. The molecule has 9 heteroatoms. The molecule has 4 aromatic carbocycles. The molecule has 0 aliphatic heterocycles. The van der Waals surface area contributed by atoms with Crippen LogP contribution in [-0.4, -0.2) is 44.7 Å². The second-order valence-corrected chi connectivity index (χ2v) is 8.48. The van der Waals surface area contributed by atoms with Crippen LogP contribution >= 0.6 is 0 Å². The van der Waals surface area contributed by atoms with Crippen LogP contribution in [0.2, 0.25) is 0 Å². The molecule has 0 fully saturated rings. The van der Waals surface area contributed by atoms with Gasteiger partial charge >= 0.3 is 17.9 Å². The first kappa shape index (κ1) is 24.1. The Morgan fingerprint density at radius 3 is 1.53 bits per heavy atom. The van der Waals surface area contributed by atoms with E-state index >= 15 is 0 Å². The van der Waals surface area contributed by atoms with Gasteiger partial charge in [0.2, 0.25) is 0 Å².